The van der Waals surface area contributed by atoms with Gasteiger partial charge in [-0.1, -0.05) is 6.92 Å². The fraction of sp³-hybridized carbons (Fsp3) is 0.417. The van der Waals surface area contributed by atoms with E-state index in [0.717, 1.165) is 0 Å². The van der Waals surface area contributed by atoms with Crippen molar-refractivity contribution >= 4 is 5.91 Å². The smallest absolute Gasteiger partial charge is 0.251 e. The monoisotopic (exact) mass is 225 g/mol. The highest BCUT2D eigenvalue weighted by Gasteiger charge is 2.09. The zero-order valence-corrected chi connectivity index (χ0v) is 9.46. The number of carbonyl (C=O) groups is 1. The third-order valence-corrected chi connectivity index (χ3v) is 2.39. The molecule has 1 atom stereocenters. The standard InChI is InChI=1S/C12H16FNO2/c1-3-10(15)7-14-12(16)9-4-5-11(13)8(2)6-9/h4-6,10,15H,3,7H2,1-2H3,(H,14,16). The molecule has 1 rings (SSSR count). The highest BCUT2D eigenvalue weighted by molar-refractivity contribution is 5.94. The van der Waals surface area contributed by atoms with Crippen molar-refractivity contribution in [3.05, 3.63) is 35.1 Å². The summed E-state index contributed by atoms with van der Waals surface area (Å²) >= 11 is 0. The summed E-state index contributed by atoms with van der Waals surface area (Å²) in [6, 6.07) is 4.18. The lowest BCUT2D eigenvalue weighted by Crippen LogP contribution is -2.31. The summed E-state index contributed by atoms with van der Waals surface area (Å²) in [5.74, 6) is -0.624. The quantitative estimate of drug-likeness (QED) is 0.818. The molecule has 2 N–H and O–H groups in total. The van der Waals surface area contributed by atoms with E-state index in [1.54, 1.807) is 6.92 Å². The largest absolute Gasteiger partial charge is 0.391 e. The molecule has 0 aromatic heterocycles. The van der Waals surface area contributed by atoms with E-state index in [2.05, 4.69) is 5.32 Å². The number of aliphatic hydroxyl groups is 1. The van der Waals surface area contributed by atoms with Gasteiger partial charge in [0.2, 0.25) is 0 Å². The Balaban J connectivity index is 2.63. The normalized spacial score (nSPS) is 12.2. The molecule has 3 nitrogen and oxygen atoms in total. The number of hydrogen-bond donors (Lipinski definition) is 2. The van der Waals surface area contributed by atoms with E-state index in [0.29, 0.717) is 17.5 Å². The Morgan fingerprint density at radius 1 is 1.56 bits per heavy atom. The van der Waals surface area contributed by atoms with Gasteiger partial charge >= 0.3 is 0 Å². The van der Waals surface area contributed by atoms with Gasteiger partial charge in [0.25, 0.3) is 5.91 Å². The van der Waals surface area contributed by atoms with Gasteiger partial charge in [0, 0.05) is 12.1 Å². The Morgan fingerprint density at radius 2 is 2.25 bits per heavy atom. The molecule has 0 aliphatic carbocycles. The first kappa shape index (κ1) is 12.6. The summed E-state index contributed by atoms with van der Waals surface area (Å²) in [4.78, 5) is 11.6. The zero-order valence-electron chi connectivity index (χ0n) is 9.46. The summed E-state index contributed by atoms with van der Waals surface area (Å²) in [5.41, 5.74) is 0.839. The Labute approximate surface area is 94.3 Å². The average molecular weight is 225 g/mol. The molecule has 0 saturated heterocycles. The van der Waals surface area contributed by atoms with E-state index in [1.807, 2.05) is 6.92 Å². The number of aryl methyl sites for hydroxylation is 1. The third kappa shape index (κ3) is 3.31. The first-order chi connectivity index (χ1) is 7.54. The summed E-state index contributed by atoms with van der Waals surface area (Å²) < 4.78 is 13.0. The number of benzene rings is 1. The lowest BCUT2D eigenvalue weighted by Gasteiger charge is -2.09. The van der Waals surface area contributed by atoms with Crippen molar-refractivity contribution in [3.63, 3.8) is 0 Å². The zero-order chi connectivity index (χ0) is 12.1. The van der Waals surface area contributed by atoms with Crippen LogP contribution in [0.15, 0.2) is 18.2 Å². The topological polar surface area (TPSA) is 49.3 Å². The second kappa shape index (κ2) is 5.61. The van der Waals surface area contributed by atoms with Gasteiger partial charge in [0.15, 0.2) is 0 Å². The van der Waals surface area contributed by atoms with Gasteiger partial charge in [-0.3, -0.25) is 4.79 Å². The maximum Gasteiger partial charge on any atom is 0.251 e. The molecule has 0 bridgehead atoms. The number of hydrogen-bond acceptors (Lipinski definition) is 2. The Hall–Kier alpha value is -1.42. The van der Waals surface area contributed by atoms with E-state index >= 15 is 0 Å². The second-order valence-electron chi connectivity index (χ2n) is 3.74. The van der Waals surface area contributed by atoms with E-state index in [4.69, 9.17) is 0 Å². The molecule has 0 fully saturated rings. The van der Waals surface area contributed by atoms with E-state index in [9.17, 15) is 14.3 Å². The molecule has 16 heavy (non-hydrogen) atoms. The number of aliphatic hydroxyl groups excluding tert-OH is 1. The second-order valence-corrected chi connectivity index (χ2v) is 3.74. The van der Waals surface area contributed by atoms with Crippen LogP contribution in [0.1, 0.15) is 29.3 Å². The van der Waals surface area contributed by atoms with Crippen LogP contribution in [-0.2, 0) is 0 Å². The van der Waals surface area contributed by atoms with Crippen LogP contribution in [0.3, 0.4) is 0 Å². The average Bonchev–Trinajstić information content (AvgIpc) is 2.29. The highest BCUT2D eigenvalue weighted by atomic mass is 19.1. The molecule has 0 spiro atoms. The van der Waals surface area contributed by atoms with Gasteiger partial charge < -0.3 is 10.4 Å². The Morgan fingerprint density at radius 3 is 2.81 bits per heavy atom. The summed E-state index contributed by atoms with van der Waals surface area (Å²) in [6.07, 6.45) is 0.0495. The molecule has 1 amide bonds. The van der Waals surface area contributed by atoms with Gasteiger partial charge in [-0.15, -0.1) is 0 Å². The van der Waals surface area contributed by atoms with E-state index in [1.165, 1.54) is 18.2 Å². The van der Waals surface area contributed by atoms with Crippen molar-refractivity contribution < 1.29 is 14.3 Å². The minimum atomic E-state index is -0.537. The molecule has 0 aliphatic rings. The Bertz CT molecular complexity index is 379. The number of rotatable bonds is 4. The molecule has 0 aliphatic heterocycles. The van der Waals surface area contributed by atoms with Gasteiger partial charge in [0.1, 0.15) is 5.82 Å². The van der Waals surface area contributed by atoms with Crippen LogP contribution in [0.5, 0.6) is 0 Å². The van der Waals surface area contributed by atoms with Gasteiger partial charge in [0.05, 0.1) is 6.10 Å². The van der Waals surface area contributed by atoms with Crippen molar-refractivity contribution in [2.24, 2.45) is 0 Å². The van der Waals surface area contributed by atoms with Crippen LogP contribution in [0.25, 0.3) is 0 Å². The van der Waals surface area contributed by atoms with Crippen LogP contribution in [0.4, 0.5) is 4.39 Å². The predicted octanol–water partition coefficient (Wildman–Crippen LogP) is 1.63. The van der Waals surface area contributed by atoms with Crippen molar-refractivity contribution in [1.29, 1.82) is 0 Å². The van der Waals surface area contributed by atoms with Crippen molar-refractivity contribution in [1.82, 2.24) is 5.32 Å². The molecular weight excluding hydrogens is 209 g/mol. The molecule has 1 aromatic carbocycles. The molecule has 1 aromatic rings. The lowest BCUT2D eigenvalue weighted by molar-refractivity contribution is 0.0913. The van der Waals surface area contributed by atoms with Gasteiger partial charge in [-0.25, -0.2) is 4.39 Å². The minimum absolute atomic E-state index is 0.214. The highest BCUT2D eigenvalue weighted by Crippen LogP contribution is 2.09. The molecule has 0 saturated carbocycles. The molecule has 1 unspecified atom stereocenters. The Kier molecular flexibility index (Phi) is 4.43. The van der Waals surface area contributed by atoms with Crippen molar-refractivity contribution in [2.45, 2.75) is 26.4 Å². The SMILES string of the molecule is CCC(O)CNC(=O)c1ccc(F)c(C)c1. The molecule has 88 valence electrons. The number of amides is 1. The summed E-state index contributed by atoms with van der Waals surface area (Å²) in [7, 11) is 0. The van der Waals surface area contributed by atoms with E-state index in [-0.39, 0.29) is 18.3 Å². The third-order valence-electron chi connectivity index (χ3n) is 2.39. The first-order valence-electron chi connectivity index (χ1n) is 5.27. The molecular formula is C12H16FNO2. The van der Waals surface area contributed by atoms with Crippen LogP contribution < -0.4 is 5.32 Å². The van der Waals surface area contributed by atoms with Crippen LogP contribution >= 0.6 is 0 Å². The van der Waals surface area contributed by atoms with E-state index < -0.39 is 6.10 Å². The van der Waals surface area contributed by atoms with Crippen molar-refractivity contribution in [2.75, 3.05) is 6.54 Å². The van der Waals surface area contributed by atoms with Crippen LogP contribution in [0, 0.1) is 12.7 Å². The fourth-order valence-electron chi connectivity index (χ4n) is 1.24. The maximum atomic E-state index is 13.0. The number of halogens is 1. The number of carbonyl (C=O) groups excluding carboxylic acids is 1. The van der Waals surface area contributed by atoms with Crippen LogP contribution in [0.2, 0.25) is 0 Å². The maximum absolute atomic E-state index is 13.0. The van der Waals surface area contributed by atoms with Crippen LogP contribution in [-0.4, -0.2) is 23.7 Å². The predicted molar refractivity (Wildman–Crippen MR) is 59.8 cm³/mol. The van der Waals surface area contributed by atoms with Gasteiger partial charge in [-0.05, 0) is 37.1 Å². The van der Waals surface area contributed by atoms with Crippen molar-refractivity contribution in [3.8, 4) is 0 Å². The summed E-state index contributed by atoms with van der Waals surface area (Å²) in [6.45, 7) is 3.65. The van der Waals surface area contributed by atoms with Gasteiger partial charge in [-0.2, -0.15) is 0 Å². The fourth-order valence-corrected chi connectivity index (χ4v) is 1.24. The molecule has 0 radical (unpaired) electrons. The summed E-state index contributed by atoms with van der Waals surface area (Å²) in [5, 5.41) is 11.9. The molecule has 4 heteroatoms. The molecule has 0 heterocycles. The first-order valence-corrected chi connectivity index (χ1v) is 5.27. The minimum Gasteiger partial charge on any atom is -0.391 e. The lowest BCUT2D eigenvalue weighted by atomic mass is 10.1. The number of nitrogens with one attached hydrogen (secondary N) is 1.